The number of carbonyl (C=O) groups is 1. The van der Waals surface area contributed by atoms with Gasteiger partial charge in [-0.2, -0.15) is 4.58 Å². The van der Waals surface area contributed by atoms with Crippen LogP contribution in [0.4, 0.5) is 11.4 Å². The monoisotopic (exact) mass is 608 g/mol. The largest absolute Gasteiger partial charge is 0.550 e. The molecule has 0 N–H and O–H groups in total. The van der Waals surface area contributed by atoms with E-state index in [4.69, 9.17) is 0 Å². The Morgan fingerprint density at radius 1 is 0.739 bits per heavy atom. The molecule has 0 spiro atoms. The van der Waals surface area contributed by atoms with Gasteiger partial charge in [0.25, 0.3) is 0 Å². The van der Waals surface area contributed by atoms with Gasteiger partial charge in [0.15, 0.2) is 5.71 Å². The minimum absolute atomic E-state index is 0.100. The third kappa shape index (κ3) is 5.62. The van der Waals surface area contributed by atoms with Crippen molar-refractivity contribution in [3.63, 3.8) is 0 Å². The standard InChI is InChI=1S/C42H44N2O2/c1-41(2)36(43(5)34-27-25-30-18-13-15-20-32(30)39(34)41)22-10-7-6-8-11-23-37-42(3,4)40-33-21-16-14-19-31(33)26-28-35(40)44(37)29-17-9-12-24-38(45)46/h6-8,10-11,13-16,18-23,25-28H,9,12,17,24,29H2,1-5H3. The summed E-state index contributed by atoms with van der Waals surface area (Å²) in [5.41, 5.74) is 7.52. The number of carbonyl (C=O) groups excluding carboxylic acids is 1. The third-order valence-electron chi connectivity index (χ3n) is 9.86. The number of carboxylic acid groups (broad SMARTS) is 1. The Bertz CT molecular complexity index is 1970. The Hall–Kier alpha value is -4.70. The molecule has 2 aliphatic rings. The molecule has 0 amide bonds. The fourth-order valence-electron chi connectivity index (χ4n) is 7.67. The summed E-state index contributed by atoms with van der Waals surface area (Å²) in [6.07, 6.45) is 17.6. The molecule has 0 bridgehead atoms. The summed E-state index contributed by atoms with van der Waals surface area (Å²) in [6.45, 7) is 10.1. The summed E-state index contributed by atoms with van der Waals surface area (Å²) >= 11 is 0. The predicted octanol–water partition coefficient (Wildman–Crippen LogP) is 8.66. The normalized spacial score (nSPS) is 17.8. The summed E-state index contributed by atoms with van der Waals surface area (Å²) < 4.78 is 2.32. The Morgan fingerprint density at radius 3 is 2.09 bits per heavy atom. The van der Waals surface area contributed by atoms with Crippen LogP contribution >= 0.6 is 0 Å². The minimum Gasteiger partial charge on any atom is -0.550 e. The maximum atomic E-state index is 10.9. The number of unbranched alkanes of at least 4 members (excludes halogenated alkanes) is 2. The molecule has 0 fully saturated rings. The van der Waals surface area contributed by atoms with Crippen LogP contribution in [0.3, 0.4) is 0 Å². The van der Waals surface area contributed by atoms with Gasteiger partial charge in [0, 0.05) is 47.0 Å². The molecule has 234 valence electrons. The molecule has 4 aromatic rings. The number of hydrogen-bond acceptors (Lipinski definition) is 3. The van der Waals surface area contributed by atoms with Crippen molar-refractivity contribution >= 4 is 44.6 Å². The Labute approximate surface area is 273 Å². The molecule has 0 aliphatic carbocycles. The number of rotatable bonds is 10. The van der Waals surface area contributed by atoms with E-state index in [-0.39, 0.29) is 17.3 Å². The number of aliphatic carboxylic acids is 1. The van der Waals surface area contributed by atoms with E-state index >= 15 is 0 Å². The van der Waals surface area contributed by atoms with E-state index in [1.54, 1.807) is 0 Å². The highest BCUT2D eigenvalue weighted by Gasteiger charge is 2.44. The second kappa shape index (κ2) is 12.6. The van der Waals surface area contributed by atoms with Crippen LogP contribution in [0.15, 0.2) is 121 Å². The van der Waals surface area contributed by atoms with Crippen LogP contribution in [0, 0.1) is 0 Å². The molecule has 4 nitrogen and oxygen atoms in total. The lowest BCUT2D eigenvalue weighted by molar-refractivity contribution is -0.401. The van der Waals surface area contributed by atoms with Gasteiger partial charge < -0.3 is 14.8 Å². The third-order valence-corrected chi connectivity index (χ3v) is 9.86. The van der Waals surface area contributed by atoms with Crippen molar-refractivity contribution in [3.8, 4) is 0 Å². The van der Waals surface area contributed by atoms with Crippen molar-refractivity contribution in [2.24, 2.45) is 0 Å². The SMILES string of the molecule is C[N+]1=C(/C=C/C=C/C=C/C=C2/N(CCCCCC(=O)[O-])c3ccc4ccccc4c3C2(C)C)C(C)(C)c2c1ccc1ccccc21. The number of hydrogen-bond donors (Lipinski definition) is 0. The fourth-order valence-corrected chi connectivity index (χ4v) is 7.67. The lowest BCUT2D eigenvalue weighted by Crippen LogP contribution is -2.27. The van der Waals surface area contributed by atoms with Crippen LogP contribution in [0.2, 0.25) is 0 Å². The highest BCUT2D eigenvalue weighted by Crippen LogP contribution is 2.51. The second-order valence-corrected chi connectivity index (χ2v) is 13.6. The van der Waals surface area contributed by atoms with Crippen molar-refractivity contribution < 1.29 is 14.5 Å². The molecule has 0 aromatic heterocycles. The molecule has 0 unspecified atom stereocenters. The second-order valence-electron chi connectivity index (χ2n) is 13.6. The molecule has 4 aromatic carbocycles. The van der Waals surface area contributed by atoms with E-state index < -0.39 is 5.97 Å². The van der Waals surface area contributed by atoms with Gasteiger partial charge in [-0.3, -0.25) is 0 Å². The molecule has 4 heteroatoms. The number of benzene rings is 4. The smallest absolute Gasteiger partial charge is 0.210 e. The molecule has 0 saturated carbocycles. The average molecular weight is 609 g/mol. The van der Waals surface area contributed by atoms with Gasteiger partial charge in [-0.25, -0.2) is 0 Å². The molecule has 46 heavy (non-hydrogen) atoms. The lowest BCUT2D eigenvalue weighted by Gasteiger charge is -2.27. The van der Waals surface area contributed by atoms with Crippen molar-refractivity contribution in [3.05, 3.63) is 132 Å². The van der Waals surface area contributed by atoms with E-state index in [0.717, 1.165) is 19.4 Å². The van der Waals surface area contributed by atoms with Crippen molar-refractivity contribution in [1.82, 2.24) is 0 Å². The zero-order valence-electron chi connectivity index (χ0n) is 27.7. The number of allylic oxidation sites excluding steroid dienone is 8. The maximum absolute atomic E-state index is 10.9. The van der Waals surface area contributed by atoms with Gasteiger partial charge in [-0.1, -0.05) is 105 Å². The van der Waals surface area contributed by atoms with Crippen molar-refractivity contribution in [2.75, 3.05) is 18.5 Å². The van der Waals surface area contributed by atoms with E-state index in [0.29, 0.717) is 6.42 Å². The van der Waals surface area contributed by atoms with Crippen LogP contribution < -0.4 is 10.0 Å². The highest BCUT2D eigenvalue weighted by molar-refractivity contribution is 6.07. The van der Waals surface area contributed by atoms with Gasteiger partial charge in [0.2, 0.25) is 5.69 Å². The number of fused-ring (bicyclic) bond motifs is 6. The lowest BCUT2D eigenvalue weighted by atomic mass is 9.79. The summed E-state index contributed by atoms with van der Waals surface area (Å²) in [5, 5.41) is 16.0. The molecule has 2 heterocycles. The topological polar surface area (TPSA) is 46.4 Å². The van der Waals surface area contributed by atoms with E-state index in [2.05, 4.69) is 160 Å². The molecular weight excluding hydrogens is 564 g/mol. The molecule has 0 radical (unpaired) electrons. The predicted molar refractivity (Wildman–Crippen MR) is 191 cm³/mol. The number of anilines is 1. The molecule has 6 rings (SSSR count). The highest BCUT2D eigenvalue weighted by atomic mass is 16.4. The van der Waals surface area contributed by atoms with Gasteiger partial charge in [-0.15, -0.1) is 0 Å². The van der Waals surface area contributed by atoms with E-state index in [1.165, 1.54) is 55.5 Å². The molecular formula is C42H44N2O2. The maximum Gasteiger partial charge on any atom is 0.210 e. The van der Waals surface area contributed by atoms with Gasteiger partial charge in [0.05, 0.1) is 5.41 Å². The Balaban J connectivity index is 1.21. The Kier molecular flexibility index (Phi) is 8.57. The first-order valence-corrected chi connectivity index (χ1v) is 16.5. The fraction of sp³-hybridized carbons (Fsp3) is 0.286. The van der Waals surface area contributed by atoms with Crippen molar-refractivity contribution in [1.29, 1.82) is 0 Å². The number of carboxylic acids is 1. The molecule has 2 aliphatic heterocycles. The van der Waals surface area contributed by atoms with E-state index in [1.807, 2.05) is 0 Å². The quantitative estimate of drug-likeness (QED) is 0.103. The zero-order chi connectivity index (χ0) is 32.5. The first-order valence-electron chi connectivity index (χ1n) is 16.5. The van der Waals surface area contributed by atoms with Gasteiger partial charge in [-0.05, 0) is 78.4 Å². The van der Waals surface area contributed by atoms with Crippen LogP contribution in [0.25, 0.3) is 21.5 Å². The van der Waals surface area contributed by atoms with Gasteiger partial charge >= 0.3 is 0 Å². The summed E-state index contributed by atoms with van der Waals surface area (Å²) in [4.78, 5) is 13.3. The minimum atomic E-state index is -0.968. The zero-order valence-corrected chi connectivity index (χ0v) is 27.7. The first-order chi connectivity index (χ1) is 22.1. The van der Waals surface area contributed by atoms with Crippen LogP contribution in [-0.2, 0) is 15.6 Å². The van der Waals surface area contributed by atoms with Crippen molar-refractivity contribution in [2.45, 2.75) is 64.2 Å². The summed E-state index contributed by atoms with van der Waals surface area (Å²) in [6, 6.07) is 26.2. The van der Waals surface area contributed by atoms with Crippen LogP contribution in [0.5, 0.6) is 0 Å². The molecule has 0 atom stereocenters. The van der Waals surface area contributed by atoms with E-state index in [9.17, 15) is 9.90 Å². The number of nitrogens with zero attached hydrogens (tertiary/aromatic N) is 2. The Morgan fingerprint density at radius 2 is 1.37 bits per heavy atom. The average Bonchev–Trinajstić information content (AvgIpc) is 3.38. The molecule has 0 saturated heterocycles. The van der Waals surface area contributed by atoms with Crippen LogP contribution in [-0.4, -0.2) is 29.8 Å². The summed E-state index contributed by atoms with van der Waals surface area (Å²) in [7, 11) is 2.16. The van der Waals surface area contributed by atoms with Crippen LogP contribution in [0.1, 0.15) is 64.5 Å². The van der Waals surface area contributed by atoms with Gasteiger partial charge in [0.1, 0.15) is 7.05 Å². The first kappa shape index (κ1) is 31.3. The summed E-state index contributed by atoms with van der Waals surface area (Å²) in [5.74, 6) is -0.968.